The van der Waals surface area contributed by atoms with E-state index in [1.165, 1.54) is 12.1 Å². The van der Waals surface area contributed by atoms with Crippen LogP contribution in [0.5, 0.6) is 11.5 Å². The molecule has 0 radical (unpaired) electrons. The lowest BCUT2D eigenvalue weighted by Crippen LogP contribution is -1.90. The molecule has 3 heteroatoms. The third-order valence-corrected chi connectivity index (χ3v) is 2.55. The van der Waals surface area contributed by atoms with Gasteiger partial charge in [-0.3, -0.25) is 4.79 Å². The summed E-state index contributed by atoms with van der Waals surface area (Å²) in [6.07, 6.45) is 0. The number of methoxy groups -OCH3 is 1. The number of aromatic hydroxyl groups is 1. The average molecular weight is 216 g/mol. The van der Waals surface area contributed by atoms with Crippen molar-refractivity contribution in [1.29, 1.82) is 0 Å². The average Bonchev–Trinajstić information content (AvgIpc) is 2.37. The molecule has 16 heavy (non-hydrogen) atoms. The maximum absolute atomic E-state index is 11.5. The molecule has 0 spiro atoms. The van der Waals surface area contributed by atoms with Crippen molar-refractivity contribution >= 4 is 10.8 Å². The molecule has 82 valence electrons. The molecule has 1 N–H and O–H groups in total. The molecule has 0 aliphatic carbocycles. The van der Waals surface area contributed by atoms with E-state index in [9.17, 15) is 9.90 Å². The van der Waals surface area contributed by atoms with E-state index in [0.717, 1.165) is 0 Å². The summed E-state index contributed by atoms with van der Waals surface area (Å²) < 4.78 is 5.09. The molecule has 2 aromatic rings. The van der Waals surface area contributed by atoms with Crippen molar-refractivity contribution in [2.75, 3.05) is 7.11 Å². The Balaban J connectivity index is 2.95. The van der Waals surface area contributed by atoms with Gasteiger partial charge in [0.05, 0.1) is 7.11 Å². The van der Waals surface area contributed by atoms with Crippen LogP contribution in [0.15, 0.2) is 35.1 Å². The van der Waals surface area contributed by atoms with Gasteiger partial charge in [0.2, 0.25) is 0 Å². The zero-order chi connectivity index (χ0) is 11.7. The van der Waals surface area contributed by atoms with E-state index in [1.54, 1.807) is 32.2 Å². The van der Waals surface area contributed by atoms with Gasteiger partial charge in [0.15, 0.2) is 5.43 Å². The second-order valence-electron chi connectivity index (χ2n) is 3.68. The van der Waals surface area contributed by atoms with Crippen LogP contribution in [0.4, 0.5) is 0 Å². The number of rotatable bonds is 1. The highest BCUT2D eigenvalue weighted by atomic mass is 16.5. The lowest BCUT2D eigenvalue weighted by Gasteiger charge is -2.02. The lowest BCUT2D eigenvalue weighted by atomic mass is 10.1. The van der Waals surface area contributed by atoms with Gasteiger partial charge in [-0.15, -0.1) is 0 Å². The lowest BCUT2D eigenvalue weighted by molar-refractivity contribution is 0.415. The number of benzene rings is 1. The van der Waals surface area contributed by atoms with Crippen molar-refractivity contribution < 1.29 is 9.84 Å². The van der Waals surface area contributed by atoms with Crippen LogP contribution in [-0.2, 0) is 0 Å². The number of hydrogen-bond acceptors (Lipinski definition) is 3. The molecule has 2 rings (SSSR count). The quantitative estimate of drug-likeness (QED) is 0.795. The van der Waals surface area contributed by atoms with Crippen molar-refractivity contribution in [2.45, 2.75) is 6.92 Å². The SMILES string of the molecule is COc1ccc2cc(=O)cc(C)c(O)c2c1. The smallest absolute Gasteiger partial charge is 0.179 e. The van der Waals surface area contributed by atoms with Crippen molar-refractivity contribution in [3.8, 4) is 11.5 Å². The maximum Gasteiger partial charge on any atom is 0.179 e. The van der Waals surface area contributed by atoms with E-state index < -0.39 is 0 Å². The van der Waals surface area contributed by atoms with Gasteiger partial charge in [-0.05, 0) is 42.1 Å². The summed E-state index contributed by atoms with van der Waals surface area (Å²) in [5, 5.41) is 11.3. The second kappa shape index (κ2) is 3.85. The summed E-state index contributed by atoms with van der Waals surface area (Å²) in [5.74, 6) is 0.775. The van der Waals surface area contributed by atoms with Crippen LogP contribution in [0.1, 0.15) is 5.56 Å². The van der Waals surface area contributed by atoms with Crippen molar-refractivity contribution in [3.63, 3.8) is 0 Å². The third kappa shape index (κ3) is 1.72. The summed E-state index contributed by atoms with van der Waals surface area (Å²) in [5.41, 5.74) is 0.446. The van der Waals surface area contributed by atoms with Crippen LogP contribution >= 0.6 is 0 Å². The largest absolute Gasteiger partial charge is 0.507 e. The fourth-order valence-corrected chi connectivity index (χ4v) is 1.68. The van der Waals surface area contributed by atoms with Crippen LogP contribution in [-0.4, -0.2) is 12.2 Å². The van der Waals surface area contributed by atoms with Gasteiger partial charge in [-0.2, -0.15) is 0 Å². The maximum atomic E-state index is 11.5. The first-order valence-corrected chi connectivity index (χ1v) is 4.93. The number of aryl methyl sites for hydroxylation is 1. The van der Waals surface area contributed by atoms with Gasteiger partial charge in [0.25, 0.3) is 0 Å². The van der Waals surface area contributed by atoms with E-state index in [0.29, 0.717) is 22.1 Å². The van der Waals surface area contributed by atoms with Gasteiger partial charge in [-0.25, -0.2) is 0 Å². The van der Waals surface area contributed by atoms with Crippen LogP contribution in [0.2, 0.25) is 0 Å². The highest BCUT2D eigenvalue weighted by molar-refractivity contribution is 5.89. The Labute approximate surface area is 92.9 Å². The van der Waals surface area contributed by atoms with Gasteiger partial charge in [0.1, 0.15) is 11.5 Å². The van der Waals surface area contributed by atoms with Crippen LogP contribution in [0.25, 0.3) is 10.8 Å². The summed E-state index contributed by atoms with van der Waals surface area (Å²) in [7, 11) is 1.56. The zero-order valence-corrected chi connectivity index (χ0v) is 9.15. The Morgan fingerprint density at radius 2 is 1.94 bits per heavy atom. The Morgan fingerprint density at radius 3 is 2.62 bits per heavy atom. The molecule has 0 saturated carbocycles. The summed E-state index contributed by atoms with van der Waals surface area (Å²) >= 11 is 0. The van der Waals surface area contributed by atoms with Crippen LogP contribution in [0.3, 0.4) is 0 Å². The Morgan fingerprint density at radius 1 is 1.19 bits per heavy atom. The van der Waals surface area contributed by atoms with Gasteiger partial charge in [0, 0.05) is 5.39 Å². The fourth-order valence-electron chi connectivity index (χ4n) is 1.68. The van der Waals surface area contributed by atoms with Crippen molar-refractivity contribution in [2.24, 2.45) is 0 Å². The molecule has 0 fully saturated rings. The predicted molar refractivity (Wildman–Crippen MR) is 63.2 cm³/mol. The first-order chi connectivity index (χ1) is 7.61. The molecule has 0 heterocycles. The van der Waals surface area contributed by atoms with E-state index in [-0.39, 0.29) is 11.2 Å². The molecule has 0 amide bonds. The topological polar surface area (TPSA) is 46.5 Å². The van der Waals surface area contributed by atoms with Gasteiger partial charge in [-0.1, -0.05) is 6.07 Å². The van der Waals surface area contributed by atoms with Crippen molar-refractivity contribution in [3.05, 3.63) is 46.1 Å². The molecule has 0 atom stereocenters. The standard InChI is InChI=1S/C13H12O3/c1-8-5-10(14)6-9-3-4-11(16-2)7-12(9)13(8)15/h3-7,15H,1-2H3. The summed E-state index contributed by atoms with van der Waals surface area (Å²) in [4.78, 5) is 11.5. The Kier molecular flexibility index (Phi) is 2.52. The molecule has 0 aromatic heterocycles. The molecule has 2 aromatic carbocycles. The molecule has 0 aliphatic rings. The molecule has 0 unspecified atom stereocenters. The van der Waals surface area contributed by atoms with Gasteiger partial charge < -0.3 is 9.84 Å². The van der Waals surface area contributed by atoms with Crippen molar-refractivity contribution in [1.82, 2.24) is 0 Å². The summed E-state index contributed by atoms with van der Waals surface area (Å²) in [6.45, 7) is 1.70. The molecule has 0 saturated heterocycles. The van der Waals surface area contributed by atoms with E-state index in [2.05, 4.69) is 0 Å². The zero-order valence-electron chi connectivity index (χ0n) is 9.15. The number of fused-ring (bicyclic) bond motifs is 1. The first-order valence-electron chi connectivity index (χ1n) is 4.93. The van der Waals surface area contributed by atoms with E-state index >= 15 is 0 Å². The predicted octanol–water partition coefficient (Wildman–Crippen LogP) is 2.22. The molecular weight excluding hydrogens is 204 g/mol. The normalized spacial score (nSPS) is 10.4. The minimum atomic E-state index is -0.118. The number of ether oxygens (including phenoxy) is 1. The molecule has 0 bridgehead atoms. The van der Waals surface area contributed by atoms with E-state index in [1.807, 2.05) is 0 Å². The molecular formula is C13H12O3. The molecule has 3 nitrogen and oxygen atoms in total. The molecule has 0 aliphatic heterocycles. The van der Waals surface area contributed by atoms with Crippen LogP contribution < -0.4 is 10.2 Å². The summed E-state index contributed by atoms with van der Waals surface area (Å²) in [6, 6.07) is 8.16. The van der Waals surface area contributed by atoms with E-state index in [4.69, 9.17) is 4.74 Å². The minimum Gasteiger partial charge on any atom is -0.507 e. The van der Waals surface area contributed by atoms with Crippen LogP contribution in [0, 0.1) is 6.92 Å². The number of hydrogen-bond donors (Lipinski definition) is 1. The Hall–Kier alpha value is -2.03. The fraction of sp³-hybridized carbons (Fsp3) is 0.154. The second-order valence-corrected chi connectivity index (χ2v) is 3.68. The Bertz CT molecular complexity index is 603. The minimum absolute atomic E-state index is 0.118. The first kappa shape index (κ1) is 10.5. The van der Waals surface area contributed by atoms with Gasteiger partial charge >= 0.3 is 0 Å². The highest BCUT2D eigenvalue weighted by Crippen LogP contribution is 2.28. The third-order valence-electron chi connectivity index (χ3n) is 2.55. The monoisotopic (exact) mass is 216 g/mol. The highest BCUT2D eigenvalue weighted by Gasteiger charge is 2.04.